The van der Waals surface area contributed by atoms with Crippen molar-refractivity contribution >= 4 is 34.9 Å². The van der Waals surface area contributed by atoms with E-state index in [0.717, 1.165) is 26.4 Å². The van der Waals surface area contributed by atoms with Crippen LogP contribution in [0, 0.1) is 12.8 Å². The van der Waals surface area contributed by atoms with Gasteiger partial charge in [-0.15, -0.1) is 0 Å². The molecule has 4 aliphatic rings. The van der Waals surface area contributed by atoms with Crippen LogP contribution < -0.4 is 5.32 Å². The molecule has 2 aromatic carbocycles. The quantitative estimate of drug-likeness (QED) is 0.272. The Morgan fingerprint density at radius 3 is 2.27 bits per heavy atom. The summed E-state index contributed by atoms with van der Waals surface area (Å²) in [5.41, 5.74) is -10.0. The predicted molar refractivity (Wildman–Crippen MR) is 163 cm³/mol. The van der Waals surface area contributed by atoms with Crippen LogP contribution in [0.15, 0.2) is 23.9 Å². The number of ketones is 5. The molecule has 1 fully saturated rings. The van der Waals surface area contributed by atoms with Gasteiger partial charge in [0.1, 0.15) is 29.4 Å². The molecule has 0 spiro atoms. The SMILES string of the molecule is COC(=O)c1c(C)cc2c(c1O)[C@]1(O)C(=O)c3cc4c(c(O)c3C(=O)[C@]1(OC)[C@H](O)C2)C(=O)C=C(N[C@H]1OC(C)[C@H](OC)C(=O)[C@H]1C)C4=O. The van der Waals surface area contributed by atoms with E-state index < -0.39 is 122 Å². The summed E-state index contributed by atoms with van der Waals surface area (Å²) in [6.07, 6.45) is -4.22. The number of aromatic hydroxyl groups is 2. The van der Waals surface area contributed by atoms with Crippen LogP contribution in [-0.2, 0) is 35.8 Å². The average Bonchev–Trinajstić information content (AvgIpc) is 3.04. The Morgan fingerprint density at radius 2 is 1.65 bits per heavy atom. The minimum absolute atomic E-state index is 0.00104. The number of carbonyl (C=O) groups excluding carboxylic acids is 6. The molecule has 0 bridgehead atoms. The zero-order valence-corrected chi connectivity index (χ0v) is 27.2. The van der Waals surface area contributed by atoms with Gasteiger partial charge in [0.2, 0.25) is 17.3 Å². The molecular weight excluding hydrogens is 646 g/mol. The number of phenols is 2. The highest BCUT2D eigenvalue weighted by Gasteiger charge is 2.72. The number of hydrogen-bond acceptors (Lipinski definition) is 15. The highest BCUT2D eigenvalue weighted by molar-refractivity contribution is 6.31. The number of nitrogens with one attached hydrogen (secondary N) is 1. The van der Waals surface area contributed by atoms with E-state index in [4.69, 9.17) is 18.9 Å². The lowest BCUT2D eigenvalue weighted by molar-refractivity contribution is -0.181. The van der Waals surface area contributed by atoms with Crippen LogP contribution >= 0.6 is 0 Å². The fourth-order valence-corrected chi connectivity index (χ4v) is 7.64. The summed E-state index contributed by atoms with van der Waals surface area (Å²) in [4.78, 5) is 81.7. The maximum atomic E-state index is 14.6. The normalized spacial score (nSPS) is 30.6. The molecule has 3 aliphatic carbocycles. The van der Waals surface area contributed by atoms with E-state index in [1.807, 2.05) is 0 Å². The van der Waals surface area contributed by atoms with Gasteiger partial charge in [0.05, 0.1) is 42.1 Å². The van der Waals surface area contributed by atoms with Crippen molar-refractivity contribution in [3.8, 4) is 11.5 Å². The number of Topliss-reactive ketones (excluding diaryl/α,β-unsaturated/α-hetero) is 4. The van der Waals surface area contributed by atoms with E-state index in [1.165, 1.54) is 27.0 Å². The van der Waals surface area contributed by atoms with Crippen molar-refractivity contribution < 1.29 is 68.1 Å². The molecule has 258 valence electrons. The van der Waals surface area contributed by atoms with Crippen LogP contribution in [-0.4, -0.2) is 107 Å². The first-order valence-electron chi connectivity index (χ1n) is 15.2. The summed E-state index contributed by atoms with van der Waals surface area (Å²) in [5, 5.41) is 49.4. The highest BCUT2D eigenvalue weighted by atomic mass is 16.6. The molecule has 15 heteroatoms. The van der Waals surface area contributed by atoms with Crippen molar-refractivity contribution in [3.63, 3.8) is 0 Å². The monoisotopic (exact) mass is 679 g/mol. The zero-order chi connectivity index (χ0) is 36.1. The number of rotatable bonds is 5. The molecule has 0 aromatic heterocycles. The first-order chi connectivity index (χ1) is 23.0. The van der Waals surface area contributed by atoms with E-state index in [9.17, 15) is 49.2 Å². The maximum Gasteiger partial charge on any atom is 0.341 e. The van der Waals surface area contributed by atoms with Gasteiger partial charge in [-0.1, -0.05) is 13.0 Å². The fourth-order valence-electron chi connectivity index (χ4n) is 7.64. The van der Waals surface area contributed by atoms with Gasteiger partial charge in [-0.25, -0.2) is 4.79 Å². The summed E-state index contributed by atoms with van der Waals surface area (Å²) in [5.74, 6) is -8.76. The molecule has 2 aromatic rings. The predicted octanol–water partition coefficient (Wildman–Crippen LogP) is 0.579. The van der Waals surface area contributed by atoms with Crippen molar-refractivity contribution in [1.29, 1.82) is 0 Å². The summed E-state index contributed by atoms with van der Waals surface area (Å²) in [6.45, 7) is 4.58. The fraction of sp³-hybridized carbons (Fsp3) is 0.412. The number of esters is 1. The number of aryl methyl sites for hydroxylation is 1. The minimum atomic E-state index is -3.22. The largest absolute Gasteiger partial charge is 0.507 e. The molecule has 1 saturated heterocycles. The number of aliphatic hydroxyl groups excluding tert-OH is 1. The second kappa shape index (κ2) is 11.4. The lowest BCUT2D eigenvalue weighted by Crippen LogP contribution is -2.73. The smallest absolute Gasteiger partial charge is 0.341 e. The summed E-state index contributed by atoms with van der Waals surface area (Å²) in [7, 11) is 3.31. The van der Waals surface area contributed by atoms with Crippen LogP contribution in [0.1, 0.15) is 82.3 Å². The molecule has 15 nitrogen and oxygen atoms in total. The molecular formula is C34H33NO14. The highest BCUT2D eigenvalue weighted by Crippen LogP contribution is 2.56. The Labute approximate surface area is 278 Å². The molecule has 1 aliphatic heterocycles. The van der Waals surface area contributed by atoms with E-state index in [-0.39, 0.29) is 22.6 Å². The molecule has 0 amide bonds. The number of fused-ring (bicyclic) bond motifs is 5. The number of ether oxygens (including phenoxy) is 4. The van der Waals surface area contributed by atoms with Gasteiger partial charge < -0.3 is 44.7 Å². The van der Waals surface area contributed by atoms with Gasteiger partial charge in [0, 0.05) is 43.4 Å². The van der Waals surface area contributed by atoms with Gasteiger partial charge >= 0.3 is 5.97 Å². The number of aliphatic hydroxyl groups is 2. The van der Waals surface area contributed by atoms with Crippen LogP contribution in [0.25, 0.3) is 0 Å². The topological polar surface area (TPSA) is 232 Å². The molecule has 6 rings (SSSR count). The van der Waals surface area contributed by atoms with Crippen LogP contribution in [0.2, 0.25) is 0 Å². The number of phenolic OH excluding ortho intramolecular Hbond substituents is 2. The molecule has 5 N–H and O–H groups in total. The first-order valence-corrected chi connectivity index (χ1v) is 15.2. The Morgan fingerprint density at radius 1 is 0.980 bits per heavy atom. The lowest BCUT2D eigenvalue weighted by atomic mass is 9.56. The van der Waals surface area contributed by atoms with E-state index >= 15 is 0 Å². The van der Waals surface area contributed by atoms with Gasteiger partial charge in [0.15, 0.2) is 22.8 Å². The maximum absolute atomic E-state index is 14.6. The Bertz CT molecular complexity index is 1950. The first kappa shape index (κ1) is 34.1. The van der Waals surface area contributed by atoms with Crippen molar-refractivity contribution in [1.82, 2.24) is 5.32 Å². The van der Waals surface area contributed by atoms with Gasteiger partial charge in [-0.05, 0) is 31.0 Å². The number of benzene rings is 2. The molecule has 0 saturated carbocycles. The molecule has 1 heterocycles. The second-order valence-electron chi connectivity index (χ2n) is 12.5. The van der Waals surface area contributed by atoms with Crippen molar-refractivity contribution in [2.75, 3.05) is 21.3 Å². The van der Waals surface area contributed by atoms with Crippen LogP contribution in [0.5, 0.6) is 11.5 Å². The number of allylic oxidation sites excluding steroid dienone is 2. The standard InChI is InChI=1S/C34H33NO14/c1-11-7-14-8-19(37)34(48-6)30(43)22-16(29(42)33(34,45)23(14)27(41)20(11)32(44)47-5)9-15-21(26(22)40)18(36)10-17(25(15)39)35-31-12(2)24(38)28(46-4)13(3)49-31/h7,9-10,12-13,19,28,31,35,37,40-41,45H,8H2,1-6H3/t12-,13?,19-,28+,31+,33+,34-/m1/s1. The number of methoxy groups -OCH3 is 3. The third-order valence-electron chi connectivity index (χ3n) is 10.0. The summed E-state index contributed by atoms with van der Waals surface area (Å²) >= 11 is 0. The van der Waals surface area contributed by atoms with E-state index in [1.54, 1.807) is 6.92 Å². The molecule has 49 heavy (non-hydrogen) atoms. The zero-order valence-electron chi connectivity index (χ0n) is 27.2. The van der Waals surface area contributed by atoms with Crippen molar-refractivity contribution in [2.45, 2.75) is 62.9 Å². The van der Waals surface area contributed by atoms with E-state index in [0.29, 0.717) is 0 Å². The Balaban J connectivity index is 1.52. The summed E-state index contributed by atoms with van der Waals surface area (Å²) in [6, 6.07) is 2.18. The minimum Gasteiger partial charge on any atom is -0.507 e. The Kier molecular flexibility index (Phi) is 7.92. The molecule has 1 unspecified atom stereocenters. The third-order valence-corrected chi connectivity index (χ3v) is 10.0. The van der Waals surface area contributed by atoms with E-state index in [2.05, 4.69) is 5.32 Å². The van der Waals surface area contributed by atoms with Gasteiger partial charge in [-0.2, -0.15) is 0 Å². The average molecular weight is 680 g/mol. The molecule has 7 atom stereocenters. The second-order valence-corrected chi connectivity index (χ2v) is 12.5. The van der Waals surface area contributed by atoms with Crippen LogP contribution in [0.3, 0.4) is 0 Å². The number of carbonyl (C=O) groups is 6. The van der Waals surface area contributed by atoms with Crippen molar-refractivity contribution in [3.05, 3.63) is 68.4 Å². The Hall–Kier alpha value is -4.80. The van der Waals surface area contributed by atoms with Gasteiger partial charge in [0.25, 0.3) is 0 Å². The lowest BCUT2D eigenvalue weighted by Gasteiger charge is -2.52. The van der Waals surface area contributed by atoms with Crippen molar-refractivity contribution in [2.24, 2.45) is 5.92 Å². The number of hydrogen-bond donors (Lipinski definition) is 5. The third kappa shape index (κ3) is 4.26. The van der Waals surface area contributed by atoms with Gasteiger partial charge in [-0.3, -0.25) is 24.0 Å². The molecule has 0 radical (unpaired) electrons. The van der Waals surface area contributed by atoms with Crippen LogP contribution in [0.4, 0.5) is 0 Å². The summed E-state index contributed by atoms with van der Waals surface area (Å²) < 4.78 is 21.3.